The molecule has 0 aromatic heterocycles. The molecule has 6 nitrogen and oxygen atoms in total. The van der Waals surface area contributed by atoms with Gasteiger partial charge in [-0.3, -0.25) is 0 Å². The van der Waals surface area contributed by atoms with Crippen molar-refractivity contribution in [2.24, 2.45) is 5.14 Å². The molecule has 2 rings (SSSR count). The lowest BCUT2D eigenvalue weighted by Crippen LogP contribution is -2.48. The quantitative estimate of drug-likeness (QED) is 0.772. The number of rotatable bonds is 2. The van der Waals surface area contributed by atoms with E-state index in [0.29, 0.717) is 25.4 Å². The van der Waals surface area contributed by atoms with E-state index in [1.165, 1.54) is 6.07 Å². The first-order valence-corrected chi connectivity index (χ1v) is 7.54. The standard InChI is InChI=1S/C12H19N3O3S/c1-12(2)8-15(3-4-18-12)10-5-9(13)6-11(7-10)19(14,16)17/h5-7H,3-4,8,13H2,1-2H3,(H2,14,16,17). The zero-order chi connectivity index (χ0) is 14.3. The van der Waals surface area contributed by atoms with Crippen molar-refractivity contribution < 1.29 is 13.2 Å². The van der Waals surface area contributed by atoms with Crippen LogP contribution in [-0.4, -0.2) is 33.7 Å². The van der Waals surface area contributed by atoms with Gasteiger partial charge in [-0.25, -0.2) is 13.6 Å². The number of nitrogen functional groups attached to an aromatic ring is 1. The van der Waals surface area contributed by atoms with Gasteiger partial charge in [-0.1, -0.05) is 0 Å². The van der Waals surface area contributed by atoms with Crippen LogP contribution >= 0.6 is 0 Å². The lowest BCUT2D eigenvalue weighted by Gasteiger charge is -2.39. The Balaban J connectivity index is 2.37. The molecule has 0 atom stereocenters. The molecule has 7 heteroatoms. The smallest absolute Gasteiger partial charge is 0.238 e. The second-order valence-corrected chi connectivity index (χ2v) is 6.90. The minimum Gasteiger partial charge on any atom is -0.399 e. The van der Waals surface area contributed by atoms with E-state index in [0.717, 1.165) is 5.69 Å². The fourth-order valence-corrected chi connectivity index (χ4v) is 2.77. The molecule has 106 valence electrons. The summed E-state index contributed by atoms with van der Waals surface area (Å²) in [5, 5.41) is 5.15. The van der Waals surface area contributed by atoms with E-state index >= 15 is 0 Å². The minimum absolute atomic E-state index is 0.0341. The molecule has 0 amide bonds. The number of hydrogen-bond acceptors (Lipinski definition) is 5. The van der Waals surface area contributed by atoms with Crippen molar-refractivity contribution >= 4 is 21.4 Å². The highest BCUT2D eigenvalue weighted by atomic mass is 32.2. The number of nitrogens with zero attached hydrogens (tertiary/aromatic N) is 1. The Bertz CT molecular complexity index is 584. The summed E-state index contributed by atoms with van der Waals surface area (Å²) in [5.41, 5.74) is 6.61. The van der Waals surface area contributed by atoms with Crippen LogP contribution in [0.15, 0.2) is 23.1 Å². The topological polar surface area (TPSA) is 98.6 Å². The average Bonchev–Trinajstić information content (AvgIpc) is 2.25. The molecular weight excluding hydrogens is 266 g/mol. The molecule has 1 aliphatic rings. The van der Waals surface area contributed by atoms with Gasteiger partial charge in [0.25, 0.3) is 0 Å². The number of sulfonamides is 1. The molecule has 1 heterocycles. The first-order chi connectivity index (χ1) is 8.67. The second-order valence-electron chi connectivity index (χ2n) is 5.33. The molecule has 1 fully saturated rings. The van der Waals surface area contributed by atoms with Crippen LogP contribution in [0.2, 0.25) is 0 Å². The van der Waals surface area contributed by atoms with Gasteiger partial charge in [0.2, 0.25) is 10.0 Å². The van der Waals surface area contributed by atoms with E-state index in [9.17, 15) is 8.42 Å². The van der Waals surface area contributed by atoms with Gasteiger partial charge in [-0.05, 0) is 32.0 Å². The summed E-state index contributed by atoms with van der Waals surface area (Å²) in [6.07, 6.45) is 0. The molecule has 0 saturated carbocycles. The zero-order valence-electron chi connectivity index (χ0n) is 11.1. The molecule has 0 bridgehead atoms. The summed E-state index contributed by atoms with van der Waals surface area (Å²) in [4.78, 5) is 2.08. The number of nitrogens with two attached hydrogens (primary N) is 2. The molecule has 19 heavy (non-hydrogen) atoms. The van der Waals surface area contributed by atoms with Crippen molar-refractivity contribution in [3.05, 3.63) is 18.2 Å². The maximum Gasteiger partial charge on any atom is 0.238 e. The Morgan fingerprint density at radius 3 is 2.58 bits per heavy atom. The highest BCUT2D eigenvalue weighted by Gasteiger charge is 2.28. The molecule has 0 unspecified atom stereocenters. The first-order valence-electron chi connectivity index (χ1n) is 6.00. The van der Waals surface area contributed by atoms with Gasteiger partial charge in [0.05, 0.1) is 17.1 Å². The van der Waals surface area contributed by atoms with Gasteiger partial charge >= 0.3 is 0 Å². The highest BCUT2D eigenvalue weighted by molar-refractivity contribution is 7.89. The highest BCUT2D eigenvalue weighted by Crippen LogP contribution is 2.27. The Hall–Kier alpha value is -1.31. The number of ether oxygens (including phenoxy) is 1. The van der Waals surface area contributed by atoms with E-state index in [1.54, 1.807) is 12.1 Å². The van der Waals surface area contributed by atoms with Gasteiger partial charge in [0.1, 0.15) is 0 Å². The summed E-state index contributed by atoms with van der Waals surface area (Å²) in [5.74, 6) is 0. The van der Waals surface area contributed by atoms with E-state index in [2.05, 4.69) is 4.90 Å². The van der Waals surface area contributed by atoms with Crippen LogP contribution in [0.1, 0.15) is 13.8 Å². The molecule has 1 aromatic rings. The van der Waals surface area contributed by atoms with E-state index in [-0.39, 0.29) is 10.5 Å². The van der Waals surface area contributed by atoms with Gasteiger partial charge in [-0.2, -0.15) is 0 Å². The summed E-state index contributed by atoms with van der Waals surface area (Å²) in [6, 6.07) is 4.66. The van der Waals surface area contributed by atoms with Crippen LogP contribution in [0.3, 0.4) is 0 Å². The molecule has 1 aromatic carbocycles. The fourth-order valence-electron chi connectivity index (χ4n) is 2.19. The van der Waals surface area contributed by atoms with Gasteiger partial charge in [0, 0.05) is 24.5 Å². The summed E-state index contributed by atoms with van der Waals surface area (Å²) in [7, 11) is -3.75. The Morgan fingerprint density at radius 2 is 2.00 bits per heavy atom. The minimum atomic E-state index is -3.75. The number of hydrogen-bond donors (Lipinski definition) is 2. The van der Waals surface area contributed by atoms with E-state index < -0.39 is 10.0 Å². The second kappa shape index (κ2) is 4.66. The van der Waals surface area contributed by atoms with Crippen molar-refractivity contribution in [1.29, 1.82) is 0 Å². The molecule has 0 spiro atoms. The lowest BCUT2D eigenvalue weighted by molar-refractivity contribution is -0.0276. The van der Waals surface area contributed by atoms with Crippen LogP contribution in [0.5, 0.6) is 0 Å². The molecule has 4 N–H and O–H groups in total. The van der Waals surface area contributed by atoms with E-state index in [1.807, 2.05) is 13.8 Å². The number of morpholine rings is 1. The van der Waals surface area contributed by atoms with Crippen molar-refractivity contribution in [1.82, 2.24) is 0 Å². The third-order valence-corrected chi connectivity index (χ3v) is 3.93. The largest absolute Gasteiger partial charge is 0.399 e. The molecular formula is C12H19N3O3S. The van der Waals surface area contributed by atoms with Crippen molar-refractivity contribution in [2.45, 2.75) is 24.3 Å². The fraction of sp³-hybridized carbons (Fsp3) is 0.500. The normalized spacial score (nSPS) is 19.4. The average molecular weight is 285 g/mol. The van der Waals surface area contributed by atoms with Crippen LogP contribution in [0.4, 0.5) is 11.4 Å². The lowest BCUT2D eigenvalue weighted by atomic mass is 10.1. The maximum atomic E-state index is 11.4. The summed E-state index contributed by atoms with van der Waals surface area (Å²) in [6.45, 7) is 5.93. The third-order valence-electron chi connectivity index (χ3n) is 3.03. The Morgan fingerprint density at radius 1 is 1.32 bits per heavy atom. The van der Waals surface area contributed by atoms with Crippen LogP contribution < -0.4 is 15.8 Å². The number of anilines is 2. The maximum absolute atomic E-state index is 11.4. The van der Waals surface area contributed by atoms with Crippen molar-refractivity contribution in [3.8, 4) is 0 Å². The summed E-state index contributed by atoms with van der Waals surface area (Å²) < 4.78 is 28.5. The molecule has 1 aliphatic heterocycles. The van der Waals surface area contributed by atoms with E-state index in [4.69, 9.17) is 15.6 Å². The predicted molar refractivity (Wildman–Crippen MR) is 74.5 cm³/mol. The van der Waals surface area contributed by atoms with Crippen LogP contribution in [0.25, 0.3) is 0 Å². The predicted octanol–water partition coefficient (Wildman–Crippen LogP) is 0.531. The molecule has 0 radical (unpaired) electrons. The molecule has 1 saturated heterocycles. The van der Waals surface area contributed by atoms with Crippen molar-refractivity contribution in [2.75, 3.05) is 30.3 Å². The van der Waals surface area contributed by atoms with Gasteiger partial charge in [0.15, 0.2) is 0 Å². The van der Waals surface area contributed by atoms with Crippen molar-refractivity contribution in [3.63, 3.8) is 0 Å². The zero-order valence-corrected chi connectivity index (χ0v) is 11.9. The monoisotopic (exact) mass is 285 g/mol. The summed E-state index contributed by atoms with van der Waals surface area (Å²) >= 11 is 0. The number of primary sulfonamides is 1. The van der Waals surface area contributed by atoms with Gasteiger partial charge in [-0.15, -0.1) is 0 Å². The molecule has 0 aliphatic carbocycles. The first kappa shape index (κ1) is 14.1. The SMILES string of the molecule is CC1(C)CN(c2cc(N)cc(S(N)(=O)=O)c2)CCO1. The van der Waals surface area contributed by atoms with Crippen LogP contribution in [0, 0.1) is 0 Å². The van der Waals surface area contributed by atoms with Gasteiger partial charge < -0.3 is 15.4 Å². The Kier molecular flexibility index (Phi) is 3.46. The Labute approximate surface area is 113 Å². The number of benzene rings is 1. The third kappa shape index (κ3) is 3.37. The van der Waals surface area contributed by atoms with Crippen LogP contribution in [-0.2, 0) is 14.8 Å².